The van der Waals surface area contributed by atoms with E-state index in [0.717, 1.165) is 0 Å². The minimum Gasteiger partial charge on any atom is -0.484 e. The fourth-order valence-electron chi connectivity index (χ4n) is 2.17. The first-order valence-corrected chi connectivity index (χ1v) is 9.59. The average Bonchev–Trinajstić information content (AvgIpc) is 2.61. The van der Waals surface area contributed by atoms with Crippen molar-refractivity contribution in [3.63, 3.8) is 0 Å². The van der Waals surface area contributed by atoms with Crippen LogP contribution in [0.1, 0.15) is 12.0 Å². The normalized spacial score (nSPS) is 11.0. The molecule has 140 valence electrons. The summed E-state index contributed by atoms with van der Waals surface area (Å²) < 4.78 is 32.8. The molecule has 0 saturated carbocycles. The molecule has 0 aliphatic rings. The van der Waals surface area contributed by atoms with Crippen molar-refractivity contribution in [2.45, 2.75) is 18.2 Å². The van der Waals surface area contributed by atoms with Crippen molar-refractivity contribution in [1.29, 1.82) is 0 Å². The van der Waals surface area contributed by atoms with Gasteiger partial charge < -0.3 is 15.2 Å². The van der Waals surface area contributed by atoms with Gasteiger partial charge in [0, 0.05) is 18.8 Å². The number of aliphatic hydroxyl groups excluding tert-OH is 1. The Bertz CT molecular complexity index is 838. The van der Waals surface area contributed by atoms with Crippen molar-refractivity contribution >= 4 is 21.6 Å². The zero-order valence-electron chi connectivity index (χ0n) is 14.4. The summed E-state index contributed by atoms with van der Waals surface area (Å²) in [5.74, 6) is 0.126. The molecule has 0 spiro atoms. The fraction of sp³-hybridized carbons (Fsp3) is 0.278. The van der Waals surface area contributed by atoms with E-state index in [-0.39, 0.29) is 24.0 Å². The van der Waals surface area contributed by atoms with Gasteiger partial charge in [0.2, 0.25) is 0 Å². The maximum absolute atomic E-state index is 12.4. The lowest BCUT2D eigenvalue weighted by molar-refractivity contribution is -0.123. The average molecular weight is 378 g/mol. The standard InChI is InChI=1S/C18H22N2O5S/c1-14-12-16(26(23,24)20-15-6-3-2-4-7-15)8-9-17(14)25-13-18(22)19-10-5-11-21/h2-4,6-9,12,20-21H,5,10-11,13H2,1H3,(H,19,22). The number of hydrogen-bond donors (Lipinski definition) is 3. The van der Waals surface area contributed by atoms with Gasteiger partial charge >= 0.3 is 0 Å². The molecule has 0 radical (unpaired) electrons. The largest absolute Gasteiger partial charge is 0.484 e. The molecule has 2 aromatic carbocycles. The Balaban J connectivity index is 2.01. The molecule has 0 aliphatic carbocycles. The molecular formula is C18H22N2O5S. The summed E-state index contributed by atoms with van der Waals surface area (Å²) in [6, 6.07) is 13.1. The number of aliphatic hydroxyl groups is 1. The summed E-state index contributed by atoms with van der Waals surface area (Å²) in [5, 5.41) is 11.3. The number of sulfonamides is 1. The number of carbonyl (C=O) groups excluding carboxylic acids is 1. The molecule has 2 aromatic rings. The van der Waals surface area contributed by atoms with Crippen LogP contribution in [0, 0.1) is 6.92 Å². The van der Waals surface area contributed by atoms with Crippen LogP contribution in [0.4, 0.5) is 5.69 Å². The Morgan fingerprint density at radius 1 is 1.15 bits per heavy atom. The third-order valence-corrected chi connectivity index (χ3v) is 4.88. The van der Waals surface area contributed by atoms with E-state index in [1.165, 1.54) is 18.2 Å². The third kappa shape index (κ3) is 5.75. The molecule has 0 heterocycles. The molecule has 0 aromatic heterocycles. The Morgan fingerprint density at radius 2 is 1.88 bits per heavy atom. The van der Waals surface area contributed by atoms with Crippen LogP contribution < -0.4 is 14.8 Å². The van der Waals surface area contributed by atoms with Crippen LogP contribution in [0.2, 0.25) is 0 Å². The molecule has 2 rings (SSSR count). The van der Waals surface area contributed by atoms with Crippen molar-refractivity contribution in [1.82, 2.24) is 5.32 Å². The van der Waals surface area contributed by atoms with Gasteiger partial charge in [-0.1, -0.05) is 18.2 Å². The molecule has 0 bridgehead atoms. The molecule has 0 aliphatic heterocycles. The van der Waals surface area contributed by atoms with E-state index in [0.29, 0.717) is 30.0 Å². The van der Waals surface area contributed by atoms with Crippen LogP contribution in [0.15, 0.2) is 53.4 Å². The highest BCUT2D eigenvalue weighted by molar-refractivity contribution is 7.92. The minimum absolute atomic E-state index is 0.00714. The van der Waals surface area contributed by atoms with Crippen LogP contribution in [0.3, 0.4) is 0 Å². The second-order valence-corrected chi connectivity index (χ2v) is 7.30. The van der Waals surface area contributed by atoms with Gasteiger partial charge in [0.25, 0.3) is 15.9 Å². The molecule has 3 N–H and O–H groups in total. The van der Waals surface area contributed by atoms with E-state index >= 15 is 0 Å². The fourth-order valence-corrected chi connectivity index (χ4v) is 3.32. The van der Waals surface area contributed by atoms with Gasteiger partial charge in [-0.3, -0.25) is 9.52 Å². The maximum Gasteiger partial charge on any atom is 0.261 e. The molecule has 0 atom stereocenters. The highest BCUT2D eigenvalue weighted by Crippen LogP contribution is 2.23. The van der Waals surface area contributed by atoms with Gasteiger partial charge in [0.15, 0.2) is 6.61 Å². The summed E-state index contributed by atoms with van der Waals surface area (Å²) in [6.45, 7) is 1.91. The Kier molecular flexibility index (Phi) is 6.99. The van der Waals surface area contributed by atoms with E-state index in [9.17, 15) is 13.2 Å². The van der Waals surface area contributed by atoms with Crippen molar-refractivity contribution in [2.75, 3.05) is 24.5 Å². The maximum atomic E-state index is 12.4. The second kappa shape index (κ2) is 9.21. The smallest absolute Gasteiger partial charge is 0.261 e. The van der Waals surface area contributed by atoms with Crippen LogP contribution >= 0.6 is 0 Å². The number of benzene rings is 2. The highest BCUT2D eigenvalue weighted by atomic mass is 32.2. The van der Waals surface area contributed by atoms with Gasteiger partial charge in [-0.2, -0.15) is 0 Å². The summed E-state index contributed by atoms with van der Waals surface area (Å²) in [4.78, 5) is 11.7. The number of rotatable bonds is 9. The number of ether oxygens (including phenoxy) is 1. The van der Waals surface area contributed by atoms with Gasteiger partial charge in [0.1, 0.15) is 5.75 Å². The monoisotopic (exact) mass is 378 g/mol. The summed E-state index contributed by atoms with van der Waals surface area (Å²) >= 11 is 0. The van der Waals surface area contributed by atoms with Crippen molar-refractivity contribution in [3.8, 4) is 5.75 Å². The van der Waals surface area contributed by atoms with Crippen molar-refractivity contribution < 1.29 is 23.1 Å². The minimum atomic E-state index is -3.71. The van der Waals surface area contributed by atoms with Gasteiger partial charge in [-0.05, 0) is 49.2 Å². The first kappa shape index (κ1) is 19.7. The lowest BCUT2D eigenvalue weighted by atomic mass is 10.2. The summed E-state index contributed by atoms with van der Waals surface area (Å²) in [7, 11) is -3.71. The van der Waals surface area contributed by atoms with E-state index in [1.54, 1.807) is 37.3 Å². The Labute approximate surface area is 153 Å². The summed E-state index contributed by atoms with van der Waals surface area (Å²) in [5.41, 5.74) is 1.08. The van der Waals surface area contributed by atoms with Gasteiger partial charge in [0.05, 0.1) is 4.90 Å². The summed E-state index contributed by atoms with van der Waals surface area (Å²) in [6.07, 6.45) is 0.478. The molecule has 26 heavy (non-hydrogen) atoms. The van der Waals surface area contributed by atoms with Crippen LogP contribution in [0.25, 0.3) is 0 Å². The Morgan fingerprint density at radius 3 is 2.54 bits per heavy atom. The molecule has 7 nitrogen and oxygen atoms in total. The predicted molar refractivity (Wildman–Crippen MR) is 98.6 cm³/mol. The second-order valence-electron chi connectivity index (χ2n) is 5.61. The molecule has 0 saturated heterocycles. The topological polar surface area (TPSA) is 105 Å². The molecule has 0 unspecified atom stereocenters. The number of hydrogen-bond acceptors (Lipinski definition) is 5. The number of carbonyl (C=O) groups is 1. The van der Waals surface area contributed by atoms with E-state index in [2.05, 4.69) is 10.0 Å². The molecule has 1 amide bonds. The number of amides is 1. The molecule has 8 heteroatoms. The third-order valence-electron chi connectivity index (χ3n) is 3.50. The van der Waals surface area contributed by atoms with E-state index in [1.807, 2.05) is 0 Å². The number of aryl methyl sites for hydroxylation is 1. The van der Waals surface area contributed by atoms with Crippen LogP contribution in [0.5, 0.6) is 5.75 Å². The van der Waals surface area contributed by atoms with Crippen molar-refractivity contribution in [3.05, 3.63) is 54.1 Å². The zero-order chi connectivity index (χ0) is 19.0. The highest BCUT2D eigenvalue weighted by Gasteiger charge is 2.16. The molecular weight excluding hydrogens is 356 g/mol. The Hall–Kier alpha value is -2.58. The predicted octanol–water partition coefficient (Wildman–Crippen LogP) is 1.67. The quantitative estimate of drug-likeness (QED) is 0.576. The SMILES string of the molecule is Cc1cc(S(=O)(=O)Nc2ccccc2)ccc1OCC(=O)NCCCO. The van der Waals surface area contributed by atoms with Crippen LogP contribution in [-0.4, -0.2) is 39.2 Å². The van der Waals surface area contributed by atoms with E-state index < -0.39 is 10.0 Å². The lowest BCUT2D eigenvalue weighted by Crippen LogP contribution is -2.30. The molecule has 0 fully saturated rings. The van der Waals surface area contributed by atoms with Gasteiger partial charge in [-0.25, -0.2) is 8.42 Å². The number of anilines is 1. The van der Waals surface area contributed by atoms with E-state index in [4.69, 9.17) is 9.84 Å². The van der Waals surface area contributed by atoms with Gasteiger partial charge in [-0.15, -0.1) is 0 Å². The van der Waals surface area contributed by atoms with Crippen LogP contribution in [-0.2, 0) is 14.8 Å². The van der Waals surface area contributed by atoms with Crippen molar-refractivity contribution in [2.24, 2.45) is 0 Å². The zero-order valence-corrected chi connectivity index (χ0v) is 15.3. The number of nitrogens with one attached hydrogen (secondary N) is 2. The first-order chi connectivity index (χ1) is 12.4. The number of para-hydroxylation sites is 1. The lowest BCUT2D eigenvalue weighted by Gasteiger charge is -2.12. The first-order valence-electron chi connectivity index (χ1n) is 8.11.